The Labute approximate surface area is 89.0 Å². The van der Waals surface area contributed by atoms with Crippen molar-refractivity contribution in [2.45, 2.75) is 32.7 Å². The molecule has 0 heterocycles. The number of amides is 1. The van der Waals surface area contributed by atoms with E-state index in [-0.39, 0.29) is 35.1 Å². The molecule has 0 spiro atoms. The monoisotopic (exact) mass is 168 g/mol. The fourth-order valence-electron chi connectivity index (χ4n) is 0.309. The predicted molar refractivity (Wildman–Crippen MR) is 36.0 cm³/mol. The van der Waals surface area contributed by atoms with Crippen LogP contribution in [0.5, 0.6) is 0 Å². The molecule has 0 fully saturated rings. The summed E-state index contributed by atoms with van der Waals surface area (Å²) in [5, 5.41) is 9.88. The van der Waals surface area contributed by atoms with Crippen LogP contribution in [0.25, 0.3) is 0 Å². The van der Waals surface area contributed by atoms with Gasteiger partial charge in [0, 0.05) is 5.54 Å². The van der Waals surface area contributed by atoms with Crippen molar-refractivity contribution in [3.8, 4) is 0 Å². The van der Waals surface area contributed by atoms with E-state index in [4.69, 9.17) is 0 Å². The van der Waals surface area contributed by atoms with Crippen molar-refractivity contribution in [3.05, 3.63) is 0 Å². The summed E-state index contributed by atoms with van der Waals surface area (Å²) in [4.78, 5) is 9.88. The van der Waals surface area contributed by atoms with Crippen LogP contribution in [0.2, 0.25) is 0 Å². The van der Waals surface area contributed by atoms with E-state index in [1.54, 1.807) is 0 Å². The van der Waals surface area contributed by atoms with Crippen molar-refractivity contribution in [2.24, 2.45) is 0 Å². The maximum atomic E-state index is 9.88. The first-order chi connectivity index (χ1) is 4.48. The third kappa shape index (κ3) is 8.13. The molecule has 2 N–H and O–H groups in total. The van der Waals surface area contributed by atoms with Crippen LogP contribution in [0.3, 0.4) is 0 Å². The molecule has 0 aromatic rings. The van der Waals surface area contributed by atoms with Crippen LogP contribution in [0.1, 0.15) is 27.2 Å². The van der Waals surface area contributed by atoms with E-state index in [1.165, 1.54) is 0 Å². The van der Waals surface area contributed by atoms with E-state index >= 15 is 0 Å². The Bertz CT molecular complexity index is 128. The van der Waals surface area contributed by atoms with Crippen molar-refractivity contribution in [3.63, 3.8) is 0 Å². The third-order valence-electron chi connectivity index (χ3n) is 1.39. The number of hydrogen-bond donors (Lipinski definition) is 2. The van der Waals surface area contributed by atoms with Crippen LogP contribution < -0.4 is 45.5 Å². The summed E-state index contributed by atoms with van der Waals surface area (Å²) >= 11 is 0. The molecule has 0 rings (SSSR count). The second-order valence-electron chi connectivity index (χ2n) is 2.77. The van der Waals surface area contributed by atoms with E-state index in [0.717, 1.165) is 6.42 Å². The van der Waals surface area contributed by atoms with Crippen LogP contribution in [-0.4, -0.2) is 11.6 Å². The fourth-order valence-corrected chi connectivity index (χ4v) is 0.309. The smallest absolute Gasteiger partial charge is 0.529 e. The summed E-state index contributed by atoms with van der Waals surface area (Å²) in [5.41, 5.74) is 4.38. The van der Waals surface area contributed by atoms with Gasteiger partial charge in [0.25, 0.3) is 0 Å². The minimum absolute atomic E-state index is 0. The van der Waals surface area contributed by atoms with Gasteiger partial charge in [0.05, 0.1) is 0 Å². The quantitative estimate of drug-likeness (QED) is 0.341. The van der Waals surface area contributed by atoms with Gasteiger partial charge in [-0.05, 0) is 20.3 Å². The molecule has 5 heteroatoms. The Hall–Kier alpha value is 0.230. The molecule has 0 radical (unpaired) electrons. The maximum Gasteiger partial charge on any atom is 1.00 e. The van der Waals surface area contributed by atoms with Crippen LogP contribution >= 0.6 is 0 Å². The normalized spacial score (nSPS) is 10.1. The average Bonchev–Trinajstić information content (AvgIpc) is 1.85. The van der Waals surface area contributed by atoms with Gasteiger partial charge < -0.3 is 15.3 Å². The molecule has 0 saturated carbocycles. The van der Waals surface area contributed by atoms with Gasteiger partial charge in [0.1, 0.15) is 6.09 Å². The summed E-state index contributed by atoms with van der Waals surface area (Å²) in [6.07, 6.45) is -0.464. The molecule has 60 valence electrons. The average molecular weight is 168 g/mol. The van der Waals surface area contributed by atoms with Gasteiger partial charge in [-0.15, -0.1) is 0 Å². The number of hydrazine groups is 1. The standard InChI is InChI=1S/C6H14N2O2.Na/c1-4-6(2,3)8-7-5(9)10;/h7-8H,4H2,1-3H3,(H,9,10);/q;+1/p-1. The molecule has 0 bridgehead atoms. The summed E-state index contributed by atoms with van der Waals surface area (Å²) < 4.78 is 0. The van der Waals surface area contributed by atoms with Crippen molar-refractivity contribution in [1.29, 1.82) is 0 Å². The molecule has 0 aliphatic rings. The fraction of sp³-hybridized carbons (Fsp3) is 0.833. The van der Waals surface area contributed by atoms with Gasteiger partial charge in [0.15, 0.2) is 0 Å². The second kappa shape index (κ2) is 5.83. The molecular formula is C6H13N2NaO2. The Balaban J connectivity index is 0. The molecule has 1 amide bonds. The summed E-state index contributed by atoms with van der Waals surface area (Å²) in [7, 11) is 0. The molecular weight excluding hydrogens is 155 g/mol. The van der Waals surface area contributed by atoms with Gasteiger partial charge >= 0.3 is 29.6 Å². The third-order valence-corrected chi connectivity index (χ3v) is 1.39. The van der Waals surface area contributed by atoms with Crippen LogP contribution in [-0.2, 0) is 0 Å². The van der Waals surface area contributed by atoms with E-state index in [0.29, 0.717) is 0 Å². The number of nitrogens with one attached hydrogen (secondary N) is 2. The minimum Gasteiger partial charge on any atom is -0.529 e. The zero-order valence-corrected chi connectivity index (χ0v) is 9.52. The zero-order valence-electron chi connectivity index (χ0n) is 7.52. The predicted octanol–water partition coefficient (Wildman–Crippen LogP) is -3.38. The molecule has 0 aromatic heterocycles. The van der Waals surface area contributed by atoms with Crippen molar-refractivity contribution in [1.82, 2.24) is 10.9 Å². The van der Waals surface area contributed by atoms with Crippen molar-refractivity contribution in [2.75, 3.05) is 0 Å². The topological polar surface area (TPSA) is 64.2 Å². The molecule has 0 atom stereocenters. The first-order valence-electron chi connectivity index (χ1n) is 3.22. The Kier molecular flexibility index (Phi) is 7.31. The molecule has 0 aromatic carbocycles. The van der Waals surface area contributed by atoms with E-state index < -0.39 is 6.09 Å². The largest absolute Gasteiger partial charge is 1.00 e. The zero-order chi connectivity index (χ0) is 8.20. The number of rotatable bonds is 3. The minimum atomic E-state index is -1.30. The summed E-state index contributed by atoms with van der Waals surface area (Å²) in [6, 6.07) is 0. The summed E-state index contributed by atoms with van der Waals surface area (Å²) in [5.74, 6) is 0. The van der Waals surface area contributed by atoms with Crippen LogP contribution in [0, 0.1) is 0 Å². The van der Waals surface area contributed by atoms with E-state index in [9.17, 15) is 9.90 Å². The number of hydrogen-bond acceptors (Lipinski definition) is 3. The Morgan fingerprint density at radius 2 is 2.00 bits per heavy atom. The van der Waals surface area contributed by atoms with E-state index in [2.05, 4.69) is 5.43 Å². The molecule has 0 unspecified atom stereocenters. The Morgan fingerprint density at radius 1 is 1.55 bits per heavy atom. The molecule has 0 aliphatic carbocycles. The number of carbonyl (C=O) groups excluding carboxylic acids is 1. The molecule has 4 nitrogen and oxygen atoms in total. The number of carboxylic acid groups (broad SMARTS) is 1. The van der Waals surface area contributed by atoms with E-state index in [1.807, 2.05) is 26.2 Å². The van der Waals surface area contributed by atoms with Crippen molar-refractivity contribution < 1.29 is 39.5 Å². The Morgan fingerprint density at radius 3 is 2.27 bits per heavy atom. The molecule has 0 aliphatic heterocycles. The summed E-state index contributed by atoms with van der Waals surface area (Å²) in [6.45, 7) is 5.75. The first-order valence-corrected chi connectivity index (χ1v) is 3.22. The SMILES string of the molecule is CCC(C)(C)NNC(=O)[O-].[Na+]. The first kappa shape index (κ1) is 13.8. The van der Waals surface area contributed by atoms with Crippen LogP contribution in [0.15, 0.2) is 0 Å². The van der Waals surface area contributed by atoms with Gasteiger partial charge in [-0.3, -0.25) is 0 Å². The second-order valence-corrected chi connectivity index (χ2v) is 2.77. The van der Waals surface area contributed by atoms with Gasteiger partial charge in [-0.2, -0.15) is 0 Å². The molecule has 11 heavy (non-hydrogen) atoms. The van der Waals surface area contributed by atoms with Crippen LogP contribution in [0.4, 0.5) is 4.79 Å². The molecule has 0 saturated heterocycles. The van der Waals surface area contributed by atoms with Crippen molar-refractivity contribution >= 4 is 6.09 Å². The van der Waals surface area contributed by atoms with Gasteiger partial charge in [0.2, 0.25) is 0 Å². The number of carbonyl (C=O) groups is 1. The maximum absolute atomic E-state index is 9.88. The van der Waals surface area contributed by atoms with Gasteiger partial charge in [-0.25, -0.2) is 5.43 Å². The van der Waals surface area contributed by atoms with Gasteiger partial charge in [-0.1, -0.05) is 6.92 Å².